The predicted octanol–water partition coefficient (Wildman–Crippen LogP) is 13.0. The SMILES string of the molecule is C=C(C)C(=O)OCCCc1cc(-c2ccc(-c3ccc(C4CCC(CCCCC)CC4)cc3F)cc2CC)cc(CCCOC(=O)C(=C)C)c1OCC(CS)(CS)COC(=O)C(=C)C. The van der Waals surface area contributed by atoms with Gasteiger partial charge < -0.3 is 18.9 Å². The highest BCUT2D eigenvalue weighted by Crippen LogP contribution is 2.41. The van der Waals surface area contributed by atoms with E-state index < -0.39 is 23.3 Å². The van der Waals surface area contributed by atoms with Gasteiger partial charge in [0.2, 0.25) is 0 Å². The van der Waals surface area contributed by atoms with E-state index in [1.807, 2.05) is 12.1 Å². The number of halogens is 1. The molecule has 0 aliphatic heterocycles. The van der Waals surface area contributed by atoms with Crippen LogP contribution in [0.4, 0.5) is 4.39 Å². The third-order valence-corrected chi connectivity index (χ3v) is 13.6. The van der Waals surface area contributed by atoms with Crippen LogP contribution < -0.4 is 4.74 Å². The summed E-state index contributed by atoms with van der Waals surface area (Å²) in [6.07, 6.45) is 12.6. The van der Waals surface area contributed by atoms with Crippen molar-refractivity contribution < 1.29 is 37.7 Å². The fourth-order valence-corrected chi connectivity index (χ4v) is 9.00. The van der Waals surface area contributed by atoms with Crippen LogP contribution in [0.2, 0.25) is 0 Å². The van der Waals surface area contributed by atoms with Gasteiger partial charge in [-0.05, 0) is 148 Å². The number of carbonyl (C=O) groups is 3. The summed E-state index contributed by atoms with van der Waals surface area (Å²) in [4.78, 5) is 37.0. The molecule has 64 heavy (non-hydrogen) atoms. The van der Waals surface area contributed by atoms with Crippen LogP contribution in [-0.2, 0) is 47.9 Å². The molecule has 0 saturated heterocycles. The molecule has 0 unspecified atom stereocenters. The minimum atomic E-state index is -0.732. The topological polar surface area (TPSA) is 88.1 Å². The first-order valence-corrected chi connectivity index (χ1v) is 24.3. The Kier molecular flexibility index (Phi) is 21.3. The van der Waals surface area contributed by atoms with Crippen LogP contribution in [0, 0.1) is 17.2 Å². The zero-order valence-electron chi connectivity index (χ0n) is 39.0. The third kappa shape index (κ3) is 15.1. The van der Waals surface area contributed by atoms with Crippen LogP contribution in [0.3, 0.4) is 0 Å². The summed E-state index contributed by atoms with van der Waals surface area (Å²) in [6.45, 7) is 20.8. The molecule has 0 aromatic heterocycles. The molecule has 0 heterocycles. The lowest BCUT2D eigenvalue weighted by Crippen LogP contribution is -2.38. The van der Waals surface area contributed by atoms with Crippen molar-refractivity contribution in [2.75, 3.05) is 37.9 Å². The van der Waals surface area contributed by atoms with Crippen molar-refractivity contribution in [2.45, 2.75) is 124 Å². The van der Waals surface area contributed by atoms with Gasteiger partial charge in [-0.25, -0.2) is 18.8 Å². The van der Waals surface area contributed by atoms with E-state index in [0.717, 1.165) is 57.7 Å². The first kappa shape index (κ1) is 52.3. The van der Waals surface area contributed by atoms with Gasteiger partial charge in [-0.1, -0.05) is 89.6 Å². The first-order valence-electron chi connectivity index (χ1n) is 23.1. The van der Waals surface area contributed by atoms with E-state index in [1.165, 1.54) is 38.5 Å². The number of esters is 3. The number of rotatable bonds is 26. The highest BCUT2D eigenvalue weighted by atomic mass is 32.1. The zero-order chi connectivity index (χ0) is 46.8. The lowest BCUT2D eigenvalue weighted by Gasteiger charge is -2.31. The second-order valence-electron chi connectivity index (χ2n) is 17.8. The van der Waals surface area contributed by atoms with Crippen molar-refractivity contribution in [3.63, 3.8) is 0 Å². The van der Waals surface area contributed by atoms with Crippen molar-refractivity contribution >= 4 is 43.2 Å². The fourth-order valence-electron chi connectivity index (χ4n) is 8.23. The van der Waals surface area contributed by atoms with Crippen molar-refractivity contribution in [2.24, 2.45) is 11.3 Å². The fraction of sp³-hybridized carbons (Fsp3) is 0.500. The Hall–Kier alpha value is -4.28. The Labute approximate surface area is 393 Å². The van der Waals surface area contributed by atoms with E-state index in [9.17, 15) is 14.4 Å². The summed E-state index contributed by atoms with van der Waals surface area (Å²) in [5.41, 5.74) is 7.48. The molecule has 7 nitrogen and oxygen atoms in total. The zero-order valence-corrected chi connectivity index (χ0v) is 40.7. The van der Waals surface area contributed by atoms with Crippen LogP contribution >= 0.6 is 25.3 Å². The van der Waals surface area contributed by atoms with Gasteiger partial charge in [-0.2, -0.15) is 25.3 Å². The molecule has 3 aromatic rings. The third-order valence-electron chi connectivity index (χ3n) is 12.3. The number of carbonyl (C=O) groups excluding carboxylic acids is 3. The number of aryl methyl sites for hydroxylation is 3. The number of hydrogen-bond donors (Lipinski definition) is 2. The predicted molar refractivity (Wildman–Crippen MR) is 265 cm³/mol. The summed E-state index contributed by atoms with van der Waals surface area (Å²) in [7, 11) is 0. The molecule has 0 N–H and O–H groups in total. The molecule has 1 saturated carbocycles. The lowest BCUT2D eigenvalue weighted by atomic mass is 9.77. The van der Waals surface area contributed by atoms with Crippen LogP contribution in [0.15, 0.2) is 85.0 Å². The van der Waals surface area contributed by atoms with Gasteiger partial charge in [0.15, 0.2) is 0 Å². The van der Waals surface area contributed by atoms with Crippen molar-refractivity contribution in [1.29, 1.82) is 0 Å². The molecule has 0 spiro atoms. The van der Waals surface area contributed by atoms with Gasteiger partial charge in [0, 0.05) is 33.8 Å². The highest BCUT2D eigenvalue weighted by Gasteiger charge is 2.32. The van der Waals surface area contributed by atoms with E-state index in [2.05, 4.69) is 89.2 Å². The number of unbranched alkanes of at least 4 members (excludes halogenated alkanes) is 2. The molecule has 0 amide bonds. The Morgan fingerprint density at radius 2 is 1.22 bits per heavy atom. The Balaban J connectivity index is 1.71. The van der Waals surface area contributed by atoms with Crippen molar-refractivity contribution in [3.05, 3.63) is 113 Å². The maximum atomic E-state index is 16.1. The minimum Gasteiger partial charge on any atom is -0.492 e. The van der Waals surface area contributed by atoms with Gasteiger partial charge in [0.05, 0.1) is 25.2 Å². The molecule has 0 atom stereocenters. The average Bonchev–Trinajstić information content (AvgIpc) is 3.29. The minimum absolute atomic E-state index is 0.0257. The van der Waals surface area contributed by atoms with E-state index in [-0.39, 0.29) is 37.8 Å². The molecule has 1 fully saturated rings. The smallest absolute Gasteiger partial charge is 0.333 e. The first-order chi connectivity index (χ1) is 30.6. The molecule has 1 aliphatic carbocycles. The number of benzene rings is 3. The largest absolute Gasteiger partial charge is 0.492 e. The van der Waals surface area contributed by atoms with Crippen LogP contribution in [0.5, 0.6) is 5.75 Å². The summed E-state index contributed by atoms with van der Waals surface area (Å²) < 4.78 is 39.4. The van der Waals surface area contributed by atoms with Gasteiger partial charge in [-0.15, -0.1) is 0 Å². The molecule has 0 bridgehead atoms. The second kappa shape index (κ2) is 26.0. The van der Waals surface area contributed by atoms with E-state index in [0.29, 0.717) is 72.0 Å². The van der Waals surface area contributed by atoms with Crippen LogP contribution in [0.25, 0.3) is 22.3 Å². The summed E-state index contributed by atoms with van der Waals surface area (Å²) in [6, 6.07) is 16.2. The van der Waals surface area contributed by atoms with E-state index in [1.54, 1.807) is 26.8 Å². The van der Waals surface area contributed by atoms with Crippen molar-refractivity contribution in [3.8, 4) is 28.0 Å². The lowest BCUT2D eigenvalue weighted by molar-refractivity contribution is -0.142. The van der Waals surface area contributed by atoms with Gasteiger partial charge >= 0.3 is 17.9 Å². The Bertz CT molecular complexity index is 2040. The standard InChI is InChI=1S/C54H71FO7S2/c1-9-11-12-15-39-18-20-41(21-19-39)42-22-25-48(49(55)31-42)43-23-24-47(40(10-2)28-43)46-29-44(16-13-26-59-51(56)36(3)4)50(45(30-46)17-14-27-60-52(57)37(5)6)61-32-54(34-63,35-64)33-62-53(58)38(7)8/h22-25,28-31,39,41,63-64H,3,5,7,9-21,26-27,32-35H2,1-2,4,6,8H3. The second-order valence-corrected chi connectivity index (χ2v) is 18.4. The maximum Gasteiger partial charge on any atom is 0.333 e. The highest BCUT2D eigenvalue weighted by molar-refractivity contribution is 7.81. The molecule has 1 aliphatic rings. The quantitative estimate of drug-likeness (QED) is 0.0273. The van der Waals surface area contributed by atoms with Crippen molar-refractivity contribution in [1.82, 2.24) is 0 Å². The van der Waals surface area contributed by atoms with Crippen LogP contribution in [-0.4, -0.2) is 55.8 Å². The number of thiol groups is 2. The molecule has 348 valence electrons. The van der Waals surface area contributed by atoms with Crippen LogP contribution in [0.1, 0.15) is 127 Å². The number of ether oxygens (including phenoxy) is 4. The molecule has 10 heteroatoms. The summed E-state index contributed by atoms with van der Waals surface area (Å²) >= 11 is 9.27. The molecular weight excluding hydrogens is 844 g/mol. The Morgan fingerprint density at radius 1 is 0.672 bits per heavy atom. The maximum absolute atomic E-state index is 16.1. The summed E-state index contributed by atoms with van der Waals surface area (Å²) in [5, 5.41) is 0. The van der Waals surface area contributed by atoms with Gasteiger partial charge in [0.1, 0.15) is 18.2 Å². The van der Waals surface area contributed by atoms with Gasteiger partial charge in [-0.3, -0.25) is 0 Å². The van der Waals surface area contributed by atoms with E-state index in [4.69, 9.17) is 18.9 Å². The molecule has 4 rings (SSSR count). The monoisotopic (exact) mass is 914 g/mol. The Morgan fingerprint density at radius 3 is 1.73 bits per heavy atom. The molecular formula is C54H71FO7S2. The average molecular weight is 915 g/mol. The molecule has 3 aromatic carbocycles. The summed E-state index contributed by atoms with van der Waals surface area (Å²) in [5.74, 6) is 0.883. The van der Waals surface area contributed by atoms with Gasteiger partial charge in [0.25, 0.3) is 0 Å². The molecule has 0 radical (unpaired) electrons. The number of hydrogen-bond acceptors (Lipinski definition) is 9. The van der Waals surface area contributed by atoms with E-state index >= 15 is 4.39 Å². The normalized spacial score (nSPS) is 15.0.